The van der Waals surface area contributed by atoms with Gasteiger partial charge in [0.05, 0.1) is 33.3 Å². The van der Waals surface area contributed by atoms with E-state index < -0.39 is 50.1 Å². The maximum absolute atomic E-state index is 13.3. The predicted molar refractivity (Wildman–Crippen MR) is 200 cm³/mol. The third-order valence-electron chi connectivity index (χ3n) is 8.86. The molecule has 0 spiro atoms. The Balaban J connectivity index is 1.75. The molecular weight excluding hydrogens is 699 g/mol. The van der Waals surface area contributed by atoms with Gasteiger partial charge >= 0.3 is 5.69 Å². The fourth-order valence-corrected chi connectivity index (χ4v) is 8.27. The van der Waals surface area contributed by atoms with Crippen LogP contribution >= 0.6 is 8.53 Å². The van der Waals surface area contributed by atoms with Gasteiger partial charge in [0, 0.05) is 31.5 Å². The molecule has 3 aromatic carbocycles. The fraction of sp³-hybridized carbons (Fsp3) is 0.410. The average Bonchev–Trinajstić information content (AvgIpc) is 3.49. The van der Waals surface area contributed by atoms with Gasteiger partial charge in [-0.2, -0.15) is 5.26 Å². The number of nitrogens with zero attached hydrogens (tertiary/aromatic N) is 3. The lowest BCUT2D eigenvalue weighted by Gasteiger charge is -2.41. The molecular formula is C39H47N4O9P. The van der Waals surface area contributed by atoms with Crippen LogP contribution in [0, 0.1) is 11.3 Å². The molecule has 4 aromatic rings. The Hall–Kier alpha value is -4.38. The van der Waals surface area contributed by atoms with Crippen molar-refractivity contribution in [2.24, 2.45) is 0 Å². The summed E-state index contributed by atoms with van der Waals surface area (Å²) in [6, 6.07) is 28.2. The van der Waals surface area contributed by atoms with Crippen LogP contribution in [0.3, 0.4) is 0 Å². The zero-order chi connectivity index (χ0) is 38.1. The number of hydrogen-bond acceptors (Lipinski definition) is 11. The van der Waals surface area contributed by atoms with E-state index in [-0.39, 0.29) is 25.1 Å². The second kappa shape index (κ2) is 18.1. The monoisotopic (exact) mass is 746 g/mol. The number of ether oxygens (including phenoxy) is 5. The SMILES string of the molecule is COc1ccc(C(O[C@H]2O[C@@H](n3ccc(=O)[nH]c3=O)[C@H](OC)[C@@H]2OP(OCCC#N)N(C(C)C)C(C)C)(c2ccccc2)c2cccc(OC)c2)cc1. The summed E-state index contributed by atoms with van der Waals surface area (Å²) in [5.74, 6) is 1.26. The number of aromatic amines is 1. The minimum Gasteiger partial charge on any atom is -0.497 e. The Labute approximate surface area is 310 Å². The van der Waals surface area contributed by atoms with Gasteiger partial charge in [0.2, 0.25) is 0 Å². The molecule has 0 bridgehead atoms. The van der Waals surface area contributed by atoms with Gasteiger partial charge < -0.3 is 32.7 Å². The standard InChI is InChI=1S/C39H47N4O9P/c1-26(2)43(27(3)4)53(49-24-12-22-40)52-35-34(48-7)36(42-23-21-33(44)41-38(42)45)50-37(35)51-39(28-13-9-8-10-14-28,29-17-19-31(46-5)20-18-29)30-15-11-16-32(25-30)47-6/h8-11,13-21,23,25-27,34-37H,12,24H2,1-7H3,(H,41,44,45)/t34-,35+,36-,37-,39?,53?/m1/s1. The fourth-order valence-electron chi connectivity index (χ4n) is 6.53. The summed E-state index contributed by atoms with van der Waals surface area (Å²) in [7, 11) is 2.85. The topological polar surface area (TPSA) is 147 Å². The van der Waals surface area contributed by atoms with Crippen molar-refractivity contribution in [3.63, 3.8) is 0 Å². The third kappa shape index (κ3) is 8.72. The number of rotatable bonds is 17. The highest BCUT2D eigenvalue weighted by Gasteiger charge is 2.54. The molecule has 282 valence electrons. The number of nitrogens with one attached hydrogen (secondary N) is 1. The van der Waals surface area contributed by atoms with E-state index in [9.17, 15) is 14.9 Å². The first kappa shape index (κ1) is 39.8. The van der Waals surface area contributed by atoms with Crippen LogP contribution < -0.4 is 20.7 Å². The van der Waals surface area contributed by atoms with Crippen molar-refractivity contribution in [1.29, 1.82) is 5.26 Å². The van der Waals surface area contributed by atoms with Crippen molar-refractivity contribution < 1.29 is 32.7 Å². The Kier molecular flexibility index (Phi) is 13.6. The van der Waals surface area contributed by atoms with Crippen molar-refractivity contribution in [2.45, 2.75) is 76.5 Å². The van der Waals surface area contributed by atoms with Crippen LogP contribution in [-0.2, 0) is 28.9 Å². The normalized spacial score (nSPS) is 20.3. The van der Waals surface area contributed by atoms with Crippen molar-refractivity contribution in [2.75, 3.05) is 27.9 Å². The first-order valence-electron chi connectivity index (χ1n) is 17.3. The van der Waals surface area contributed by atoms with E-state index in [1.54, 1.807) is 14.2 Å². The molecule has 0 amide bonds. The van der Waals surface area contributed by atoms with Gasteiger partial charge in [0.25, 0.3) is 14.1 Å². The van der Waals surface area contributed by atoms with E-state index in [0.717, 1.165) is 11.1 Å². The van der Waals surface area contributed by atoms with Gasteiger partial charge in [0.15, 0.2) is 12.5 Å². The summed E-state index contributed by atoms with van der Waals surface area (Å²) >= 11 is 0. The van der Waals surface area contributed by atoms with E-state index in [2.05, 4.69) is 15.7 Å². The smallest absolute Gasteiger partial charge is 0.330 e. The molecule has 14 heteroatoms. The maximum Gasteiger partial charge on any atom is 0.330 e. The van der Waals surface area contributed by atoms with Crippen molar-refractivity contribution >= 4 is 8.53 Å². The molecule has 5 rings (SSSR count). The number of H-pyrrole nitrogens is 1. The molecule has 1 saturated heterocycles. The molecule has 6 atom stereocenters. The average molecular weight is 747 g/mol. The lowest BCUT2D eigenvalue weighted by Crippen LogP contribution is -2.44. The van der Waals surface area contributed by atoms with Crippen LogP contribution in [0.1, 0.15) is 57.0 Å². The van der Waals surface area contributed by atoms with Gasteiger partial charge in [-0.05, 0) is 68.7 Å². The molecule has 2 unspecified atom stereocenters. The minimum atomic E-state index is -1.84. The molecule has 1 aliphatic rings. The van der Waals surface area contributed by atoms with Crippen LogP contribution in [-0.4, -0.2) is 72.7 Å². The van der Waals surface area contributed by atoms with E-state index in [0.29, 0.717) is 17.1 Å². The second-order valence-corrected chi connectivity index (χ2v) is 14.3. The van der Waals surface area contributed by atoms with E-state index in [1.807, 2.05) is 107 Å². The molecule has 53 heavy (non-hydrogen) atoms. The van der Waals surface area contributed by atoms with Crippen molar-refractivity contribution in [3.8, 4) is 17.6 Å². The summed E-state index contributed by atoms with van der Waals surface area (Å²) in [6.45, 7) is 8.27. The predicted octanol–water partition coefficient (Wildman–Crippen LogP) is 6.09. The van der Waals surface area contributed by atoms with Crippen LogP contribution in [0.5, 0.6) is 11.5 Å². The van der Waals surface area contributed by atoms with Gasteiger partial charge in [-0.25, -0.2) is 9.46 Å². The highest BCUT2D eigenvalue weighted by molar-refractivity contribution is 7.44. The number of aromatic nitrogens is 2. The summed E-state index contributed by atoms with van der Waals surface area (Å²) in [5.41, 5.74) is -0.404. The lowest BCUT2D eigenvalue weighted by molar-refractivity contribution is -0.214. The summed E-state index contributed by atoms with van der Waals surface area (Å²) in [5, 5.41) is 9.36. The molecule has 1 aliphatic heterocycles. The lowest BCUT2D eigenvalue weighted by atomic mass is 9.79. The molecule has 1 fully saturated rings. The molecule has 2 heterocycles. The molecule has 1 N–H and O–H groups in total. The Morgan fingerprint density at radius 3 is 2.13 bits per heavy atom. The number of benzene rings is 3. The van der Waals surface area contributed by atoms with E-state index >= 15 is 0 Å². The summed E-state index contributed by atoms with van der Waals surface area (Å²) in [6.07, 6.45) is -2.76. The molecule has 0 saturated carbocycles. The number of nitriles is 1. The van der Waals surface area contributed by atoms with Crippen molar-refractivity contribution in [1.82, 2.24) is 14.2 Å². The van der Waals surface area contributed by atoms with Crippen LogP contribution in [0.4, 0.5) is 0 Å². The van der Waals surface area contributed by atoms with Crippen LogP contribution in [0.2, 0.25) is 0 Å². The first-order valence-corrected chi connectivity index (χ1v) is 18.5. The summed E-state index contributed by atoms with van der Waals surface area (Å²) < 4.78 is 48.1. The highest BCUT2D eigenvalue weighted by Crippen LogP contribution is 2.52. The van der Waals surface area contributed by atoms with E-state index in [4.69, 9.17) is 32.7 Å². The Bertz CT molecular complexity index is 1920. The quantitative estimate of drug-likeness (QED) is 0.0761. The van der Waals surface area contributed by atoms with Crippen molar-refractivity contribution in [3.05, 3.63) is 129 Å². The minimum absolute atomic E-state index is 0.0111. The number of methoxy groups -OCH3 is 3. The second-order valence-electron chi connectivity index (χ2n) is 12.9. The Morgan fingerprint density at radius 1 is 0.868 bits per heavy atom. The molecule has 0 aliphatic carbocycles. The van der Waals surface area contributed by atoms with Gasteiger partial charge in [-0.1, -0.05) is 54.6 Å². The van der Waals surface area contributed by atoms with Gasteiger partial charge in [-0.15, -0.1) is 0 Å². The van der Waals surface area contributed by atoms with Gasteiger partial charge in [-0.3, -0.25) is 14.3 Å². The zero-order valence-corrected chi connectivity index (χ0v) is 31.9. The molecule has 13 nitrogen and oxygen atoms in total. The number of hydrogen-bond donors (Lipinski definition) is 1. The van der Waals surface area contributed by atoms with Crippen LogP contribution in [0.15, 0.2) is 101 Å². The van der Waals surface area contributed by atoms with Gasteiger partial charge in [0.1, 0.15) is 29.3 Å². The van der Waals surface area contributed by atoms with E-state index in [1.165, 1.54) is 23.9 Å². The Morgan fingerprint density at radius 2 is 1.53 bits per heavy atom. The van der Waals surface area contributed by atoms with Crippen LogP contribution in [0.25, 0.3) is 0 Å². The third-order valence-corrected chi connectivity index (χ3v) is 11.0. The largest absolute Gasteiger partial charge is 0.497 e. The molecule has 1 aromatic heterocycles. The first-order chi connectivity index (χ1) is 25.6. The zero-order valence-electron chi connectivity index (χ0n) is 31.0. The highest BCUT2D eigenvalue weighted by atomic mass is 31.2. The summed E-state index contributed by atoms with van der Waals surface area (Å²) in [4.78, 5) is 27.7. The maximum atomic E-state index is 13.3. The molecule has 0 radical (unpaired) electrons.